The van der Waals surface area contributed by atoms with Gasteiger partial charge in [0.1, 0.15) is 5.75 Å². The molecular weight excluding hydrogens is 491 g/mol. The number of carbonyl (C=O) groups excluding carboxylic acids is 1. The van der Waals surface area contributed by atoms with Gasteiger partial charge < -0.3 is 10.1 Å². The van der Waals surface area contributed by atoms with Crippen LogP contribution >= 0.6 is 22.6 Å². The van der Waals surface area contributed by atoms with Crippen LogP contribution in [-0.2, 0) is 10.0 Å². The average Bonchev–Trinajstić information content (AvgIpc) is 2.68. The van der Waals surface area contributed by atoms with E-state index in [1.165, 1.54) is 25.7 Å². The molecule has 0 radical (unpaired) electrons. The normalized spacial score (nSPS) is 15.1. The molecule has 0 spiro atoms. The monoisotopic (exact) mass is 514 g/mol. The van der Waals surface area contributed by atoms with Gasteiger partial charge in [0.25, 0.3) is 15.9 Å². The Labute approximate surface area is 179 Å². The number of para-hydroxylation sites is 1. The lowest BCUT2D eigenvalue weighted by Crippen LogP contribution is -2.36. The molecule has 2 aromatic carbocycles. The summed E-state index contributed by atoms with van der Waals surface area (Å²) in [6.45, 7) is 0. The highest BCUT2D eigenvalue weighted by atomic mass is 127. The summed E-state index contributed by atoms with van der Waals surface area (Å²) in [5, 5.41) is 3.03. The lowest BCUT2D eigenvalue weighted by molar-refractivity contribution is 0.0928. The van der Waals surface area contributed by atoms with Crippen molar-refractivity contribution in [2.24, 2.45) is 0 Å². The van der Waals surface area contributed by atoms with E-state index in [4.69, 9.17) is 4.74 Å². The van der Waals surface area contributed by atoms with Gasteiger partial charge in [-0.15, -0.1) is 0 Å². The predicted octanol–water partition coefficient (Wildman–Crippen LogP) is 4.16. The van der Waals surface area contributed by atoms with Gasteiger partial charge in [0, 0.05) is 6.04 Å². The van der Waals surface area contributed by atoms with Crippen LogP contribution in [0, 0.1) is 3.57 Å². The first-order chi connectivity index (χ1) is 13.4. The standard InChI is InChI=1S/C20H23IN2O4S/c1-27-19-12-11-15(13-17(19)21)28(25,26)23-18-10-6-5-9-16(18)20(24)22-14-7-3-2-4-8-14/h5-6,9-14,23H,2-4,7-8H2,1H3,(H,22,24). The Morgan fingerprint density at radius 2 is 1.82 bits per heavy atom. The van der Waals surface area contributed by atoms with Crippen LogP contribution in [0.5, 0.6) is 5.75 Å². The van der Waals surface area contributed by atoms with Crippen LogP contribution < -0.4 is 14.8 Å². The van der Waals surface area contributed by atoms with Crippen molar-refractivity contribution in [3.63, 3.8) is 0 Å². The van der Waals surface area contributed by atoms with Gasteiger partial charge >= 0.3 is 0 Å². The number of methoxy groups -OCH3 is 1. The van der Waals surface area contributed by atoms with Crippen molar-refractivity contribution in [3.05, 3.63) is 51.6 Å². The third-order valence-corrected chi connectivity index (χ3v) is 7.00. The Morgan fingerprint density at radius 1 is 1.11 bits per heavy atom. The highest BCUT2D eigenvalue weighted by Crippen LogP contribution is 2.26. The minimum atomic E-state index is -3.84. The number of halogens is 1. The summed E-state index contributed by atoms with van der Waals surface area (Å²) in [5.74, 6) is 0.348. The summed E-state index contributed by atoms with van der Waals surface area (Å²) in [6, 6.07) is 11.4. The lowest BCUT2D eigenvalue weighted by Gasteiger charge is -2.23. The molecule has 1 aliphatic carbocycles. The number of hydrogen-bond acceptors (Lipinski definition) is 4. The van der Waals surface area contributed by atoms with Crippen LogP contribution in [0.15, 0.2) is 47.4 Å². The lowest BCUT2D eigenvalue weighted by atomic mass is 9.95. The van der Waals surface area contributed by atoms with Gasteiger partial charge in [-0.05, 0) is 65.8 Å². The molecule has 150 valence electrons. The molecular formula is C20H23IN2O4S. The van der Waals surface area contributed by atoms with Crippen LogP contribution in [0.2, 0.25) is 0 Å². The molecule has 0 aliphatic heterocycles. The molecule has 1 saturated carbocycles. The van der Waals surface area contributed by atoms with Crippen molar-refractivity contribution >= 4 is 44.2 Å². The van der Waals surface area contributed by atoms with E-state index in [2.05, 4.69) is 10.0 Å². The van der Waals surface area contributed by atoms with E-state index in [0.717, 1.165) is 25.7 Å². The molecule has 0 aromatic heterocycles. The van der Waals surface area contributed by atoms with E-state index in [1.807, 2.05) is 22.6 Å². The van der Waals surface area contributed by atoms with Crippen LogP contribution in [0.4, 0.5) is 5.69 Å². The Bertz CT molecular complexity index is 956. The maximum absolute atomic E-state index is 12.8. The summed E-state index contributed by atoms with van der Waals surface area (Å²) < 4.78 is 34.1. The fourth-order valence-corrected chi connectivity index (χ4v) is 5.35. The van der Waals surface area contributed by atoms with Crippen LogP contribution in [0.25, 0.3) is 0 Å². The Kier molecular flexibility index (Phi) is 6.82. The molecule has 2 N–H and O–H groups in total. The second-order valence-electron chi connectivity index (χ2n) is 6.76. The predicted molar refractivity (Wildman–Crippen MR) is 117 cm³/mol. The van der Waals surface area contributed by atoms with Crippen molar-refractivity contribution in [2.45, 2.75) is 43.0 Å². The highest BCUT2D eigenvalue weighted by molar-refractivity contribution is 14.1. The fraction of sp³-hybridized carbons (Fsp3) is 0.350. The van der Waals surface area contributed by atoms with Gasteiger partial charge in [-0.1, -0.05) is 31.4 Å². The first-order valence-corrected chi connectivity index (χ1v) is 11.7. The Morgan fingerprint density at radius 3 is 2.50 bits per heavy atom. The molecule has 0 bridgehead atoms. The second kappa shape index (κ2) is 9.13. The molecule has 0 atom stereocenters. The molecule has 6 nitrogen and oxygen atoms in total. The largest absolute Gasteiger partial charge is 0.496 e. The van der Waals surface area contributed by atoms with E-state index < -0.39 is 10.0 Å². The zero-order chi connectivity index (χ0) is 20.1. The minimum absolute atomic E-state index is 0.111. The first-order valence-electron chi connectivity index (χ1n) is 9.17. The number of anilines is 1. The molecule has 28 heavy (non-hydrogen) atoms. The van der Waals surface area contributed by atoms with Crippen molar-refractivity contribution in [2.75, 3.05) is 11.8 Å². The molecule has 0 unspecified atom stereocenters. The number of sulfonamides is 1. The van der Waals surface area contributed by atoms with E-state index in [9.17, 15) is 13.2 Å². The van der Waals surface area contributed by atoms with Gasteiger partial charge in [-0.25, -0.2) is 8.42 Å². The van der Waals surface area contributed by atoms with Crippen molar-refractivity contribution in [1.82, 2.24) is 5.32 Å². The van der Waals surface area contributed by atoms with E-state index in [0.29, 0.717) is 14.9 Å². The highest BCUT2D eigenvalue weighted by Gasteiger charge is 2.22. The first kappa shape index (κ1) is 20.9. The molecule has 0 heterocycles. The van der Waals surface area contributed by atoms with Crippen molar-refractivity contribution in [3.8, 4) is 5.75 Å². The van der Waals surface area contributed by atoms with E-state index in [-0.39, 0.29) is 22.5 Å². The molecule has 3 rings (SSSR count). The van der Waals surface area contributed by atoms with Gasteiger partial charge in [0.15, 0.2) is 0 Å². The van der Waals surface area contributed by atoms with E-state index in [1.54, 1.807) is 30.3 Å². The number of ether oxygens (including phenoxy) is 1. The SMILES string of the molecule is COc1ccc(S(=O)(=O)Nc2ccccc2C(=O)NC2CCCCC2)cc1I. The summed E-state index contributed by atoms with van der Waals surface area (Å²) in [5.41, 5.74) is 0.585. The third kappa shape index (κ3) is 4.96. The topological polar surface area (TPSA) is 84.5 Å². The second-order valence-corrected chi connectivity index (χ2v) is 9.60. The molecule has 2 aromatic rings. The fourth-order valence-electron chi connectivity index (χ4n) is 3.30. The molecule has 1 amide bonds. The zero-order valence-corrected chi connectivity index (χ0v) is 18.5. The van der Waals surface area contributed by atoms with Gasteiger partial charge in [-0.2, -0.15) is 0 Å². The van der Waals surface area contributed by atoms with Gasteiger partial charge in [-0.3, -0.25) is 9.52 Å². The Balaban J connectivity index is 1.82. The van der Waals surface area contributed by atoms with Crippen molar-refractivity contribution in [1.29, 1.82) is 0 Å². The van der Waals surface area contributed by atoms with Crippen LogP contribution in [0.3, 0.4) is 0 Å². The number of benzene rings is 2. The molecule has 0 saturated heterocycles. The summed E-state index contributed by atoms with van der Waals surface area (Å²) in [4.78, 5) is 12.8. The molecule has 1 aliphatic rings. The Hall–Kier alpha value is -1.81. The average molecular weight is 514 g/mol. The molecule has 1 fully saturated rings. The maximum atomic E-state index is 12.8. The number of rotatable bonds is 6. The third-order valence-electron chi connectivity index (χ3n) is 4.79. The zero-order valence-electron chi connectivity index (χ0n) is 15.6. The van der Waals surface area contributed by atoms with Crippen LogP contribution in [0.1, 0.15) is 42.5 Å². The van der Waals surface area contributed by atoms with Crippen LogP contribution in [-0.4, -0.2) is 27.5 Å². The summed E-state index contributed by atoms with van der Waals surface area (Å²) in [6.07, 6.45) is 5.34. The van der Waals surface area contributed by atoms with Gasteiger partial charge in [0.05, 0.1) is 26.8 Å². The number of carbonyl (C=O) groups is 1. The maximum Gasteiger partial charge on any atom is 0.261 e. The number of amides is 1. The summed E-state index contributed by atoms with van der Waals surface area (Å²) in [7, 11) is -2.31. The molecule has 8 heteroatoms. The minimum Gasteiger partial charge on any atom is -0.496 e. The smallest absolute Gasteiger partial charge is 0.261 e. The van der Waals surface area contributed by atoms with Gasteiger partial charge in [0.2, 0.25) is 0 Å². The summed E-state index contributed by atoms with van der Waals surface area (Å²) >= 11 is 2.02. The van der Waals surface area contributed by atoms with E-state index >= 15 is 0 Å². The quantitative estimate of drug-likeness (QED) is 0.568. The number of hydrogen-bond donors (Lipinski definition) is 2. The number of nitrogens with one attached hydrogen (secondary N) is 2. The van der Waals surface area contributed by atoms with Crippen molar-refractivity contribution < 1.29 is 17.9 Å².